The van der Waals surface area contributed by atoms with Gasteiger partial charge in [0.25, 0.3) is 0 Å². The van der Waals surface area contributed by atoms with Crippen molar-refractivity contribution in [2.75, 3.05) is 11.9 Å². The Kier molecular flexibility index (Phi) is 4.65. The Labute approximate surface area is 124 Å². The summed E-state index contributed by atoms with van der Waals surface area (Å²) in [5.74, 6) is 1.72. The van der Waals surface area contributed by atoms with Gasteiger partial charge in [-0.15, -0.1) is 0 Å². The average Bonchev–Trinajstić information content (AvgIpc) is 2.70. The molecular weight excluding hydrogens is 270 g/mol. The highest BCUT2D eigenvalue weighted by Crippen LogP contribution is 2.31. The van der Waals surface area contributed by atoms with Crippen molar-refractivity contribution in [3.63, 3.8) is 0 Å². The molecule has 5 nitrogen and oxygen atoms in total. The number of hydrogen-bond donors (Lipinski definition) is 1. The number of aryl methyl sites for hydroxylation is 3. The maximum atomic E-state index is 4.56. The highest BCUT2D eigenvalue weighted by Gasteiger charge is 2.12. The molecule has 0 atom stereocenters. The van der Waals surface area contributed by atoms with Crippen LogP contribution in [0.5, 0.6) is 0 Å². The van der Waals surface area contributed by atoms with Gasteiger partial charge in [0.1, 0.15) is 21.7 Å². The molecule has 0 fully saturated rings. The minimum Gasteiger partial charge on any atom is -0.370 e. The van der Waals surface area contributed by atoms with Crippen LogP contribution in [0.25, 0.3) is 0 Å². The molecule has 0 aliphatic heterocycles. The zero-order valence-corrected chi connectivity index (χ0v) is 13.5. The van der Waals surface area contributed by atoms with Gasteiger partial charge in [0, 0.05) is 19.2 Å². The van der Waals surface area contributed by atoms with Gasteiger partial charge in [-0.1, -0.05) is 6.92 Å². The van der Waals surface area contributed by atoms with Crippen LogP contribution < -0.4 is 5.32 Å². The number of rotatable bonds is 5. The molecule has 2 heterocycles. The highest BCUT2D eigenvalue weighted by atomic mass is 32.2. The van der Waals surface area contributed by atoms with Gasteiger partial charge in [-0.25, -0.2) is 9.97 Å². The number of nitrogens with zero attached hydrogens (tertiary/aromatic N) is 4. The summed E-state index contributed by atoms with van der Waals surface area (Å²) in [4.78, 5) is 9.04. The Balaban J connectivity index is 2.31. The van der Waals surface area contributed by atoms with E-state index in [2.05, 4.69) is 40.3 Å². The summed E-state index contributed by atoms with van der Waals surface area (Å²) in [5, 5.41) is 9.80. The van der Waals surface area contributed by atoms with Crippen LogP contribution in [0.1, 0.15) is 30.4 Å². The molecule has 0 spiro atoms. The van der Waals surface area contributed by atoms with Crippen LogP contribution in [0, 0.1) is 20.8 Å². The van der Waals surface area contributed by atoms with Crippen LogP contribution >= 0.6 is 11.8 Å². The second-order valence-corrected chi connectivity index (χ2v) is 5.84. The third kappa shape index (κ3) is 3.30. The van der Waals surface area contributed by atoms with Gasteiger partial charge in [-0.05, 0) is 45.0 Å². The molecule has 2 aromatic heterocycles. The Hall–Kier alpha value is -1.56. The Morgan fingerprint density at radius 2 is 2.00 bits per heavy atom. The molecule has 0 saturated heterocycles. The molecule has 20 heavy (non-hydrogen) atoms. The fraction of sp³-hybridized carbons (Fsp3) is 0.500. The van der Waals surface area contributed by atoms with Crippen LogP contribution in [0.3, 0.4) is 0 Å². The zero-order chi connectivity index (χ0) is 14.7. The molecule has 0 amide bonds. The van der Waals surface area contributed by atoms with E-state index in [0.717, 1.165) is 45.9 Å². The summed E-state index contributed by atoms with van der Waals surface area (Å²) >= 11 is 1.63. The van der Waals surface area contributed by atoms with Crippen LogP contribution in [0.15, 0.2) is 16.1 Å². The van der Waals surface area contributed by atoms with Crippen LogP contribution in [0.4, 0.5) is 5.82 Å². The lowest BCUT2D eigenvalue weighted by atomic mass is 10.3. The first-order valence-electron chi connectivity index (χ1n) is 6.79. The lowest BCUT2D eigenvalue weighted by molar-refractivity contribution is 0.691. The molecule has 6 heteroatoms. The predicted molar refractivity (Wildman–Crippen MR) is 82.4 cm³/mol. The normalized spacial score (nSPS) is 10.8. The van der Waals surface area contributed by atoms with Gasteiger partial charge >= 0.3 is 0 Å². The molecule has 0 aromatic carbocycles. The van der Waals surface area contributed by atoms with Crippen LogP contribution in [0.2, 0.25) is 0 Å². The largest absolute Gasteiger partial charge is 0.370 e. The molecule has 2 rings (SSSR count). The molecule has 2 aromatic rings. The van der Waals surface area contributed by atoms with E-state index in [-0.39, 0.29) is 0 Å². The Morgan fingerprint density at radius 1 is 1.25 bits per heavy atom. The smallest absolute Gasteiger partial charge is 0.133 e. The van der Waals surface area contributed by atoms with Crippen molar-refractivity contribution in [3.8, 4) is 0 Å². The van der Waals surface area contributed by atoms with Crippen molar-refractivity contribution in [1.29, 1.82) is 0 Å². The second-order valence-electron chi connectivity index (χ2n) is 4.83. The van der Waals surface area contributed by atoms with Gasteiger partial charge < -0.3 is 5.32 Å². The van der Waals surface area contributed by atoms with E-state index in [1.54, 1.807) is 11.8 Å². The Bertz CT molecular complexity index is 606. The number of hydrogen-bond acceptors (Lipinski definition) is 5. The van der Waals surface area contributed by atoms with E-state index in [9.17, 15) is 0 Å². The second kappa shape index (κ2) is 6.26. The van der Waals surface area contributed by atoms with E-state index in [0.29, 0.717) is 0 Å². The van der Waals surface area contributed by atoms with Gasteiger partial charge in [-0.3, -0.25) is 4.68 Å². The summed E-state index contributed by atoms with van der Waals surface area (Å²) < 4.78 is 1.88. The Morgan fingerprint density at radius 3 is 2.60 bits per heavy atom. The lowest BCUT2D eigenvalue weighted by Crippen LogP contribution is -2.07. The summed E-state index contributed by atoms with van der Waals surface area (Å²) in [7, 11) is 1.95. The molecule has 0 aliphatic carbocycles. The van der Waals surface area contributed by atoms with Crippen LogP contribution in [-0.4, -0.2) is 26.3 Å². The topological polar surface area (TPSA) is 55.6 Å². The molecule has 108 valence electrons. The zero-order valence-electron chi connectivity index (χ0n) is 12.7. The van der Waals surface area contributed by atoms with E-state index in [1.807, 2.05) is 25.6 Å². The molecular formula is C14H21N5S. The first kappa shape index (κ1) is 14.8. The quantitative estimate of drug-likeness (QED) is 0.858. The number of nitrogens with one attached hydrogen (secondary N) is 1. The summed E-state index contributed by atoms with van der Waals surface area (Å²) in [6.07, 6.45) is 1.08. The standard InChI is InChI=1S/C14H21N5S/c1-6-7-15-13-10(3)14(17-11(4)16-13)20-12-8-9(2)18-19(12)5/h8H,6-7H2,1-5H3,(H,15,16,17). The monoisotopic (exact) mass is 291 g/mol. The van der Waals surface area contributed by atoms with Crippen molar-refractivity contribution < 1.29 is 0 Å². The van der Waals surface area contributed by atoms with E-state index in [4.69, 9.17) is 0 Å². The maximum absolute atomic E-state index is 4.56. The fourth-order valence-electron chi connectivity index (χ4n) is 1.90. The summed E-state index contributed by atoms with van der Waals surface area (Å²) in [6, 6.07) is 2.07. The number of anilines is 1. The van der Waals surface area contributed by atoms with E-state index >= 15 is 0 Å². The number of aromatic nitrogens is 4. The van der Waals surface area contributed by atoms with Crippen molar-refractivity contribution in [2.24, 2.45) is 7.05 Å². The minimum absolute atomic E-state index is 0.788. The third-order valence-corrected chi connectivity index (χ3v) is 4.10. The van der Waals surface area contributed by atoms with Gasteiger partial charge in [-0.2, -0.15) is 5.10 Å². The van der Waals surface area contributed by atoms with Crippen molar-refractivity contribution in [2.45, 2.75) is 44.2 Å². The summed E-state index contributed by atoms with van der Waals surface area (Å²) in [5.41, 5.74) is 2.11. The van der Waals surface area contributed by atoms with Gasteiger partial charge in [0.2, 0.25) is 0 Å². The molecule has 1 N–H and O–H groups in total. The van der Waals surface area contributed by atoms with Crippen molar-refractivity contribution in [3.05, 3.63) is 23.1 Å². The predicted octanol–water partition coefficient (Wildman–Crippen LogP) is 3.11. The third-order valence-electron chi connectivity index (χ3n) is 2.92. The first-order chi connectivity index (χ1) is 9.51. The van der Waals surface area contributed by atoms with E-state index in [1.165, 1.54) is 0 Å². The molecule has 0 radical (unpaired) electrons. The molecule has 0 saturated carbocycles. The van der Waals surface area contributed by atoms with Gasteiger partial charge in [0.15, 0.2) is 0 Å². The van der Waals surface area contributed by atoms with Crippen molar-refractivity contribution in [1.82, 2.24) is 19.7 Å². The van der Waals surface area contributed by atoms with Crippen molar-refractivity contribution >= 4 is 17.6 Å². The highest BCUT2D eigenvalue weighted by molar-refractivity contribution is 7.99. The first-order valence-corrected chi connectivity index (χ1v) is 7.60. The van der Waals surface area contributed by atoms with Gasteiger partial charge in [0.05, 0.1) is 5.69 Å². The van der Waals surface area contributed by atoms with E-state index < -0.39 is 0 Å². The molecule has 0 unspecified atom stereocenters. The fourth-order valence-corrected chi connectivity index (χ4v) is 2.93. The maximum Gasteiger partial charge on any atom is 0.133 e. The summed E-state index contributed by atoms with van der Waals surface area (Å²) in [6.45, 7) is 9.05. The lowest BCUT2D eigenvalue weighted by Gasteiger charge is -2.12. The minimum atomic E-state index is 0.788. The molecule has 0 aliphatic rings. The average molecular weight is 291 g/mol. The molecule has 0 bridgehead atoms. The SMILES string of the molecule is CCCNc1nc(C)nc(Sc2cc(C)nn2C)c1C. The van der Waals surface area contributed by atoms with Crippen LogP contribution in [-0.2, 0) is 7.05 Å².